The number of hydrogen-bond acceptors (Lipinski definition) is 4. The van der Waals surface area contributed by atoms with E-state index in [4.69, 9.17) is 16.3 Å². The third-order valence-electron chi connectivity index (χ3n) is 3.03. The zero-order chi connectivity index (χ0) is 13.7. The molecule has 1 aliphatic rings. The lowest BCUT2D eigenvalue weighted by atomic mass is 10.1. The van der Waals surface area contributed by atoms with E-state index in [2.05, 4.69) is 10.6 Å². The molecule has 0 spiro atoms. The van der Waals surface area contributed by atoms with Gasteiger partial charge in [0.1, 0.15) is 5.75 Å². The first-order valence-electron chi connectivity index (χ1n) is 6.19. The summed E-state index contributed by atoms with van der Waals surface area (Å²) in [5.41, 5.74) is 0. The largest absolute Gasteiger partial charge is 0.484 e. The lowest BCUT2D eigenvalue weighted by Gasteiger charge is -2.14. The van der Waals surface area contributed by atoms with Crippen molar-refractivity contribution in [3.05, 3.63) is 29.3 Å². The molecule has 5 nitrogen and oxygen atoms in total. The second-order valence-electron chi connectivity index (χ2n) is 4.54. The molecule has 1 aromatic rings. The summed E-state index contributed by atoms with van der Waals surface area (Å²) in [5.74, 6) is 0.416. The van der Waals surface area contributed by atoms with Crippen LogP contribution >= 0.6 is 24.0 Å². The van der Waals surface area contributed by atoms with Gasteiger partial charge in [0, 0.05) is 30.6 Å². The van der Waals surface area contributed by atoms with Gasteiger partial charge in [-0.25, -0.2) is 0 Å². The Morgan fingerprint density at radius 1 is 1.50 bits per heavy atom. The summed E-state index contributed by atoms with van der Waals surface area (Å²) < 4.78 is 5.32. The van der Waals surface area contributed by atoms with Crippen molar-refractivity contribution in [2.45, 2.75) is 6.10 Å². The monoisotopic (exact) mass is 320 g/mol. The summed E-state index contributed by atoms with van der Waals surface area (Å²) in [6.45, 7) is 1.69. The maximum Gasteiger partial charge on any atom is 0.257 e. The Balaban J connectivity index is 0.00000200. The first-order valence-corrected chi connectivity index (χ1v) is 6.57. The lowest BCUT2D eigenvalue weighted by Crippen LogP contribution is -2.36. The van der Waals surface area contributed by atoms with Crippen LogP contribution in [0.2, 0.25) is 5.02 Å². The molecule has 2 atom stereocenters. The SMILES string of the molecule is Cl.O=C(COc1cccc(Cl)c1)NCC1CNCC1O. The van der Waals surface area contributed by atoms with Gasteiger partial charge < -0.3 is 20.5 Å². The number of amides is 1. The van der Waals surface area contributed by atoms with Crippen molar-refractivity contribution in [1.29, 1.82) is 0 Å². The summed E-state index contributed by atoms with van der Waals surface area (Å²) >= 11 is 5.81. The van der Waals surface area contributed by atoms with Crippen molar-refractivity contribution in [2.75, 3.05) is 26.2 Å². The van der Waals surface area contributed by atoms with Gasteiger partial charge in [0.2, 0.25) is 0 Å². The van der Waals surface area contributed by atoms with E-state index < -0.39 is 6.10 Å². The number of carbonyl (C=O) groups excluding carboxylic acids is 1. The van der Waals surface area contributed by atoms with Crippen molar-refractivity contribution >= 4 is 29.9 Å². The van der Waals surface area contributed by atoms with Gasteiger partial charge in [0.15, 0.2) is 6.61 Å². The molecular formula is C13H18Cl2N2O3. The normalized spacial score (nSPS) is 21.1. The second-order valence-corrected chi connectivity index (χ2v) is 4.97. The molecule has 1 aliphatic heterocycles. The van der Waals surface area contributed by atoms with E-state index in [1.165, 1.54) is 0 Å². The molecule has 1 saturated heterocycles. The Labute approximate surface area is 129 Å². The summed E-state index contributed by atoms with van der Waals surface area (Å²) in [6.07, 6.45) is -0.394. The van der Waals surface area contributed by atoms with Crippen molar-refractivity contribution in [2.24, 2.45) is 5.92 Å². The van der Waals surface area contributed by atoms with Gasteiger partial charge in [-0.05, 0) is 18.2 Å². The fourth-order valence-electron chi connectivity index (χ4n) is 1.93. The van der Waals surface area contributed by atoms with E-state index in [0.717, 1.165) is 6.54 Å². The molecule has 1 fully saturated rings. The molecule has 2 rings (SSSR count). The number of ether oxygens (including phenoxy) is 1. The number of aliphatic hydroxyl groups is 1. The van der Waals surface area contributed by atoms with Gasteiger partial charge in [-0.1, -0.05) is 17.7 Å². The van der Waals surface area contributed by atoms with Crippen LogP contribution in [-0.2, 0) is 4.79 Å². The fraction of sp³-hybridized carbons (Fsp3) is 0.462. The standard InChI is InChI=1S/C13H17ClN2O3.ClH/c14-10-2-1-3-11(4-10)19-8-13(18)16-6-9-5-15-7-12(9)17;/h1-4,9,12,15,17H,5-8H2,(H,16,18);1H. The Hall–Kier alpha value is -1.01. The number of hydrogen-bond donors (Lipinski definition) is 3. The predicted molar refractivity (Wildman–Crippen MR) is 79.6 cm³/mol. The van der Waals surface area contributed by atoms with Gasteiger partial charge in [-0.3, -0.25) is 4.79 Å². The fourth-order valence-corrected chi connectivity index (χ4v) is 2.11. The molecule has 1 heterocycles. The Morgan fingerprint density at radius 2 is 2.30 bits per heavy atom. The smallest absolute Gasteiger partial charge is 0.257 e. The van der Waals surface area contributed by atoms with E-state index >= 15 is 0 Å². The van der Waals surface area contributed by atoms with Crippen LogP contribution in [0.4, 0.5) is 0 Å². The van der Waals surface area contributed by atoms with Crippen molar-refractivity contribution in [3.8, 4) is 5.75 Å². The third-order valence-corrected chi connectivity index (χ3v) is 3.27. The zero-order valence-electron chi connectivity index (χ0n) is 10.8. The molecule has 7 heteroatoms. The predicted octanol–water partition coefficient (Wildman–Crippen LogP) is 0.837. The van der Waals surface area contributed by atoms with Gasteiger partial charge >= 0.3 is 0 Å². The molecule has 0 aromatic heterocycles. The topological polar surface area (TPSA) is 70.6 Å². The number of β-amino-alcohol motifs (C(OH)–C–C–N with tert-alkyl or cyclic N) is 1. The lowest BCUT2D eigenvalue weighted by molar-refractivity contribution is -0.123. The molecule has 3 N–H and O–H groups in total. The summed E-state index contributed by atoms with van der Waals surface area (Å²) in [4.78, 5) is 11.6. The Morgan fingerprint density at radius 3 is 2.95 bits per heavy atom. The average Bonchev–Trinajstić information content (AvgIpc) is 2.80. The average molecular weight is 321 g/mol. The molecule has 0 aliphatic carbocycles. The quantitative estimate of drug-likeness (QED) is 0.752. The zero-order valence-corrected chi connectivity index (χ0v) is 12.4. The molecule has 1 amide bonds. The van der Waals surface area contributed by atoms with E-state index in [1.807, 2.05) is 0 Å². The molecule has 2 unspecified atom stereocenters. The summed E-state index contributed by atoms with van der Waals surface area (Å²) in [6, 6.07) is 6.89. The minimum atomic E-state index is -0.394. The number of benzene rings is 1. The molecular weight excluding hydrogens is 303 g/mol. The highest BCUT2D eigenvalue weighted by Gasteiger charge is 2.24. The first kappa shape index (κ1) is 17.0. The maximum absolute atomic E-state index is 11.6. The van der Waals surface area contributed by atoms with Gasteiger partial charge in [-0.2, -0.15) is 0 Å². The van der Waals surface area contributed by atoms with Crippen molar-refractivity contribution < 1.29 is 14.6 Å². The molecule has 112 valence electrons. The van der Waals surface area contributed by atoms with Crippen molar-refractivity contribution in [3.63, 3.8) is 0 Å². The van der Waals surface area contributed by atoms with Crippen LogP contribution in [0, 0.1) is 5.92 Å². The maximum atomic E-state index is 11.6. The van der Waals surface area contributed by atoms with E-state index in [0.29, 0.717) is 23.9 Å². The molecule has 20 heavy (non-hydrogen) atoms. The van der Waals surface area contributed by atoms with Gasteiger partial charge in [0.05, 0.1) is 6.10 Å². The summed E-state index contributed by atoms with van der Waals surface area (Å²) in [5, 5.41) is 16.0. The van der Waals surface area contributed by atoms with Crippen LogP contribution in [0.3, 0.4) is 0 Å². The van der Waals surface area contributed by atoms with E-state index in [-0.39, 0.29) is 30.8 Å². The Bertz CT molecular complexity index is 445. The van der Waals surface area contributed by atoms with Crippen LogP contribution in [0.25, 0.3) is 0 Å². The number of nitrogens with one attached hydrogen (secondary N) is 2. The van der Waals surface area contributed by atoms with Gasteiger partial charge in [0.25, 0.3) is 5.91 Å². The van der Waals surface area contributed by atoms with Crippen LogP contribution in [0.1, 0.15) is 0 Å². The molecule has 0 radical (unpaired) electrons. The highest BCUT2D eigenvalue weighted by Crippen LogP contribution is 2.16. The van der Waals surface area contributed by atoms with E-state index in [9.17, 15) is 9.90 Å². The highest BCUT2D eigenvalue weighted by molar-refractivity contribution is 6.30. The minimum Gasteiger partial charge on any atom is -0.484 e. The van der Waals surface area contributed by atoms with Crippen LogP contribution in [0.5, 0.6) is 5.75 Å². The van der Waals surface area contributed by atoms with Crippen LogP contribution in [0.15, 0.2) is 24.3 Å². The molecule has 0 bridgehead atoms. The van der Waals surface area contributed by atoms with Crippen molar-refractivity contribution in [1.82, 2.24) is 10.6 Å². The minimum absolute atomic E-state index is 0. The molecule has 0 saturated carbocycles. The number of aliphatic hydroxyl groups excluding tert-OH is 1. The number of carbonyl (C=O) groups is 1. The third kappa shape index (κ3) is 5.17. The van der Waals surface area contributed by atoms with Crippen LogP contribution < -0.4 is 15.4 Å². The van der Waals surface area contributed by atoms with Gasteiger partial charge in [-0.15, -0.1) is 12.4 Å². The number of halogens is 2. The summed E-state index contributed by atoms with van der Waals surface area (Å²) in [7, 11) is 0. The number of rotatable bonds is 5. The van der Waals surface area contributed by atoms with Crippen LogP contribution in [-0.4, -0.2) is 43.4 Å². The Kier molecular flexibility index (Phi) is 7.09. The van der Waals surface area contributed by atoms with E-state index in [1.54, 1.807) is 24.3 Å². The first-order chi connectivity index (χ1) is 9.15. The second kappa shape index (κ2) is 8.32. The highest BCUT2D eigenvalue weighted by atomic mass is 35.5. The molecule has 1 aromatic carbocycles.